The first-order valence-electron chi connectivity index (χ1n) is 11.4. The maximum atomic E-state index is 15.1. The van der Waals surface area contributed by atoms with E-state index >= 15 is 8.78 Å². The van der Waals surface area contributed by atoms with E-state index in [2.05, 4.69) is 10.7 Å². The number of likely N-dealkylation sites (tertiary alicyclic amines) is 1. The number of cyclic esters (lactones) is 1. The largest absolute Gasteiger partial charge is 0.474 e. The molecule has 200 valence electrons. The van der Waals surface area contributed by atoms with Gasteiger partial charge in [-0.05, 0) is 18.6 Å². The highest BCUT2D eigenvalue weighted by Crippen LogP contribution is 2.31. The minimum atomic E-state index is -0.805. The van der Waals surface area contributed by atoms with Crippen molar-refractivity contribution >= 4 is 40.9 Å². The van der Waals surface area contributed by atoms with Crippen LogP contribution in [0.15, 0.2) is 12.1 Å². The summed E-state index contributed by atoms with van der Waals surface area (Å²) < 4.78 is 40.3. The minimum Gasteiger partial charge on any atom is -0.474 e. The van der Waals surface area contributed by atoms with Crippen LogP contribution in [0.3, 0.4) is 0 Å². The summed E-state index contributed by atoms with van der Waals surface area (Å²) in [5, 5.41) is 4.40. The lowest BCUT2D eigenvalue weighted by Crippen LogP contribution is -2.50. The van der Waals surface area contributed by atoms with E-state index in [4.69, 9.17) is 27.4 Å². The van der Waals surface area contributed by atoms with Crippen LogP contribution in [-0.4, -0.2) is 98.8 Å². The molecule has 4 rings (SSSR count). The summed E-state index contributed by atoms with van der Waals surface area (Å²) in [6, 6.07) is 2.00. The summed E-state index contributed by atoms with van der Waals surface area (Å²) in [7, 11) is 1.41. The molecule has 3 amide bonds. The minimum absolute atomic E-state index is 0. The summed E-state index contributed by atoms with van der Waals surface area (Å²) >= 11 is 4.89. The third-order valence-electron chi connectivity index (χ3n) is 6.17. The van der Waals surface area contributed by atoms with Gasteiger partial charge < -0.3 is 30.3 Å². The molecular weight excluding hydrogens is 496 g/mol. The first kappa shape index (κ1) is 27.6. The summed E-state index contributed by atoms with van der Waals surface area (Å²) in [6.07, 6.45) is -0.523. The summed E-state index contributed by atoms with van der Waals surface area (Å²) in [5.74, 6) is -1.61. The van der Waals surface area contributed by atoms with Crippen LogP contribution in [0.1, 0.15) is 13.8 Å². The van der Waals surface area contributed by atoms with Gasteiger partial charge in [-0.1, -0.05) is 7.43 Å². The lowest BCUT2D eigenvalue weighted by molar-refractivity contribution is 0.141. The van der Waals surface area contributed by atoms with Crippen molar-refractivity contribution in [2.24, 2.45) is 5.73 Å². The third-order valence-corrected chi connectivity index (χ3v) is 6.48. The number of benzene rings is 1. The number of nitrogens with one attached hydrogen (secondary N) is 2. The fourth-order valence-electron chi connectivity index (χ4n) is 4.37. The number of urea groups is 1. The van der Waals surface area contributed by atoms with Gasteiger partial charge in [-0.15, -0.1) is 0 Å². The Morgan fingerprint density at radius 2 is 1.97 bits per heavy atom. The van der Waals surface area contributed by atoms with Gasteiger partial charge in [0, 0.05) is 50.9 Å². The zero-order valence-corrected chi connectivity index (χ0v) is 20.2. The summed E-state index contributed by atoms with van der Waals surface area (Å²) in [5.41, 5.74) is 8.77. The fourth-order valence-corrected chi connectivity index (χ4v) is 4.45. The number of nitrogens with zero attached hydrogens (tertiary/aromatic N) is 4. The Kier molecular flexibility index (Phi) is 9.08. The number of methoxy groups -OCH3 is 1. The number of thiocarbonyl (C=S) groups is 1. The maximum absolute atomic E-state index is 15.1. The van der Waals surface area contributed by atoms with E-state index in [1.807, 2.05) is 0 Å². The topological polar surface area (TPSA) is 116 Å². The molecule has 0 spiro atoms. The fraction of sp³-hybridized carbons (Fsp3) is 0.591. The normalized spacial score (nSPS) is 22.2. The maximum Gasteiger partial charge on any atom is 0.414 e. The number of halogens is 2. The van der Waals surface area contributed by atoms with Crippen LogP contribution >= 0.6 is 12.2 Å². The molecule has 14 heteroatoms. The molecule has 1 aromatic rings. The highest BCUT2D eigenvalue weighted by molar-refractivity contribution is 7.80. The van der Waals surface area contributed by atoms with Crippen molar-refractivity contribution in [1.82, 2.24) is 20.7 Å². The van der Waals surface area contributed by atoms with Gasteiger partial charge in [0.25, 0.3) is 5.17 Å². The van der Waals surface area contributed by atoms with Crippen LogP contribution in [-0.2, 0) is 9.47 Å². The van der Waals surface area contributed by atoms with Gasteiger partial charge in [0.1, 0.15) is 11.8 Å². The van der Waals surface area contributed by atoms with E-state index in [-0.39, 0.29) is 68.8 Å². The van der Waals surface area contributed by atoms with E-state index in [1.54, 1.807) is 9.80 Å². The predicted octanol–water partition coefficient (Wildman–Crippen LogP) is 1.23. The molecule has 3 aliphatic heterocycles. The number of carbonyl (C=O) groups excluding carboxylic acids is 2. The molecule has 0 unspecified atom stereocenters. The molecular formula is C22H33F2N7O4S. The Balaban J connectivity index is 0.00000361. The van der Waals surface area contributed by atoms with Crippen LogP contribution in [0.5, 0.6) is 0 Å². The molecule has 3 saturated heterocycles. The molecule has 2 atom stereocenters. The van der Waals surface area contributed by atoms with Crippen molar-refractivity contribution in [3.63, 3.8) is 0 Å². The Morgan fingerprint density at radius 3 is 2.61 bits per heavy atom. The zero-order valence-electron chi connectivity index (χ0n) is 19.3. The number of amides is 3. The van der Waals surface area contributed by atoms with Crippen LogP contribution in [0, 0.1) is 11.6 Å². The SMILES string of the molecule is C.COC(=S)NC[C@H]1CN(c2cc(F)c(N3CCNN(C(=O)N4CC[C@H](N)C4)CC3)c(F)c2)C(=O)O1. The number of nitrogens with two attached hydrogens (primary N) is 1. The van der Waals surface area contributed by atoms with E-state index in [1.165, 1.54) is 17.0 Å². The average molecular weight is 530 g/mol. The van der Waals surface area contributed by atoms with Crippen molar-refractivity contribution in [1.29, 1.82) is 0 Å². The Hall–Kier alpha value is -2.97. The molecule has 36 heavy (non-hydrogen) atoms. The average Bonchev–Trinajstić information content (AvgIpc) is 3.34. The second-order valence-corrected chi connectivity index (χ2v) is 8.94. The number of hydrogen-bond donors (Lipinski definition) is 3. The molecule has 0 aliphatic carbocycles. The van der Waals surface area contributed by atoms with E-state index in [9.17, 15) is 9.59 Å². The molecule has 3 fully saturated rings. The third kappa shape index (κ3) is 6.05. The number of ether oxygens (including phenoxy) is 2. The monoisotopic (exact) mass is 529 g/mol. The summed E-state index contributed by atoms with van der Waals surface area (Å²) in [6.45, 7) is 2.45. The van der Waals surface area contributed by atoms with Crippen LogP contribution in [0.25, 0.3) is 0 Å². The Labute approximate surface area is 214 Å². The highest BCUT2D eigenvalue weighted by Gasteiger charge is 2.34. The van der Waals surface area contributed by atoms with Crippen molar-refractivity contribution < 1.29 is 27.8 Å². The van der Waals surface area contributed by atoms with Gasteiger partial charge in [0.05, 0.1) is 32.4 Å². The highest BCUT2D eigenvalue weighted by atomic mass is 32.1. The number of carbonyl (C=O) groups is 2. The molecule has 4 N–H and O–H groups in total. The van der Waals surface area contributed by atoms with Gasteiger partial charge in [-0.25, -0.2) is 23.8 Å². The van der Waals surface area contributed by atoms with Gasteiger partial charge in [-0.3, -0.25) is 9.91 Å². The van der Waals surface area contributed by atoms with Crippen LogP contribution in [0.4, 0.5) is 29.7 Å². The molecule has 0 bridgehead atoms. The Bertz CT molecular complexity index is 965. The van der Waals surface area contributed by atoms with Crippen molar-refractivity contribution in [3.8, 4) is 0 Å². The number of anilines is 2. The first-order chi connectivity index (χ1) is 16.8. The lowest BCUT2D eigenvalue weighted by atomic mass is 10.2. The van der Waals surface area contributed by atoms with Gasteiger partial charge >= 0.3 is 12.1 Å². The zero-order chi connectivity index (χ0) is 25.1. The second kappa shape index (κ2) is 11.8. The first-order valence-corrected chi connectivity index (χ1v) is 11.8. The van der Waals surface area contributed by atoms with Gasteiger partial charge in [-0.2, -0.15) is 0 Å². The molecule has 0 aromatic heterocycles. The molecule has 3 heterocycles. The van der Waals surface area contributed by atoms with E-state index in [0.717, 1.165) is 18.6 Å². The van der Waals surface area contributed by atoms with Crippen molar-refractivity contribution in [2.75, 3.05) is 69.3 Å². The lowest BCUT2D eigenvalue weighted by Gasteiger charge is -2.27. The molecule has 0 radical (unpaired) electrons. The number of rotatable bonds is 4. The standard InChI is InChI=1S/C21H29F2N7O4S.CH4/c1-33-19(35)25-10-15-12-29(21(32)34-15)14-8-16(22)18(17(23)9-14)27-5-3-26-30(7-6-27)20(31)28-4-2-13(24)11-28;/h8-9,13,15,26H,2-7,10-12,24H2,1H3,(H,25,35);1H4/t13-,15-;/m0./s1. The number of hydrazine groups is 1. The smallest absolute Gasteiger partial charge is 0.414 e. The molecule has 0 saturated carbocycles. The van der Waals surface area contributed by atoms with Crippen molar-refractivity contribution in [3.05, 3.63) is 23.8 Å². The van der Waals surface area contributed by atoms with Crippen LogP contribution < -0.4 is 26.3 Å². The second-order valence-electron chi connectivity index (χ2n) is 8.57. The molecule has 3 aliphatic rings. The Morgan fingerprint density at radius 1 is 1.25 bits per heavy atom. The molecule has 1 aromatic carbocycles. The summed E-state index contributed by atoms with van der Waals surface area (Å²) in [4.78, 5) is 29.4. The van der Waals surface area contributed by atoms with Crippen molar-refractivity contribution in [2.45, 2.75) is 26.0 Å². The molecule has 11 nitrogen and oxygen atoms in total. The van der Waals surface area contributed by atoms with E-state index in [0.29, 0.717) is 19.6 Å². The van der Waals surface area contributed by atoms with Gasteiger partial charge in [0.15, 0.2) is 11.6 Å². The number of hydrogen-bond acceptors (Lipinski definition) is 8. The van der Waals surface area contributed by atoms with E-state index < -0.39 is 23.8 Å². The van der Waals surface area contributed by atoms with Crippen LogP contribution in [0.2, 0.25) is 0 Å². The van der Waals surface area contributed by atoms with Gasteiger partial charge in [0.2, 0.25) is 0 Å². The quantitative estimate of drug-likeness (QED) is 0.496. The predicted molar refractivity (Wildman–Crippen MR) is 135 cm³/mol.